The van der Waals surface area contributed by atoms with Gasteiger partial charge in [-0.05, 0) is 50.6 Å². The number of ether oxygens (including phenoxy) is 1. The highest BCUT2D eigenvalue weighted by Gasteiger charge is 2.17. The molecule has 0 aliphatic rings. The van der Waals surface area contributed by atoms with Crippen LogP contribution in [-0.4, -0.2) is 17.0 Å². The molecule has 0 fully saturated rings. The molecular weight excluding hydrogens is 332 g/mol. The molecule has 3 aromatic rings. The van der Waals surface area contributed by atoms with Gasteiger partial charge in [-0.25, -0.2) is 4.79 Å². The molecule has 1 unspecified atom stereocenters. The van der Waals surface area contributed by atoms with Gasteiger partial charge in [0.2, 0.25) is 0 Å². The maximum absolute atomic E-state index is 12.7. The maximum atomic E-state index is 12.7. The third kappa shape index (κ3) is 3.91. The van der Waals surface area contributed by atoms with Crippen LogP contribution < -0.4 is 15.7 Å². The molecule has 1 aromatic carbocycles. The molecule has 0 saturated carbocycles. The van der Waals surface area contributed by atoms with E-state index in [2.05, 4.69) is 10.3 Å². The Labute approximate surface area is 150 Å². The fraction of sp³-hybridized carbons (Fsp3) is 0.250. The first-order valence-corrected chi connectivity index (χ1v) is 8.39. The van der Waals surface area contributed by atoms with Crippen LogP contribution in [0, 0.1) is 0 Å². The lowest BCUT2D eigenvalue weighted by molar-refractivity contribution is 0.0941. The quantitative estimate of drug-likeness (QED) is 0.711. The zero-order chi connectivity index (χ0) is 18.7. The maximum Gasteiger partial charge on any atom is 0.337 e. The Kier molecular flexibility index (Phi) is 5.02. The first-order valence-electron chi connectivity index (χ1n) is 8.39. The van der Waals surface area contributed by atoms with Crippen molar-refractivity contribution in [2.75, 3.05) is 0 Å². The van der Waals surface area contributed by atoms with E-state index in [0.717, 1.165) is 5.56 Å². The van der Waals surface area contributed by atoms with E-state index >= 15 is 0 Å². The highest BCUT2D eigenvalue weighted by atomic mass is 16.5. The Hall–Kier alpha value is -3.15. The van der Waals surface area contributed by atoms with Gasteiger partial charge in [0.05, 0.1) is 17.7 Å². The Morgan fingerprint density at radius 2 is 1.85 bits per heavy atom. The molecule has 0 bridgehead atoms. The first kappa shape index (κ1) is 17.7. The van der Waals surface area contributed by atoms with Crippen LogP contribution in [0.25, 0.3) is 11.0 Å². The van der Waals surface area contributed by atoms with E-state index in [1.165, 1.54) is 6.07 Å². The SMILES string of the molecule is CC(C)Oc1ccc2c(C(=O)NC(C)c3ccncc3)cc(=O)oc2c1. The van der Waals surface area contributed by atoms with Gasteiger partial charge in [0.1, 0.15) is 11.3 Å². The average Bonchev–Trinajstić information content (AvgIpc) is 2.60. The summed E-state index contributed by atoms with van der Waals surface area (Å²) < 4.78 is 10.9. The van der Waals surface area contributed by atoms with Crippen LogP contribution in [0.15, 0.2) is 58.0 Å². The molecule has 0 aliphatic heterocycles. The molecule has 0 aliphatic carbocycles. The summed E-state index contributed by atoms with van der Waals surface area (Å²) in [5, 5.41) is 3.46. The van der Waals surface area contributed by atoms with E-state index in [1.54, 1.807) is 30.6 Å². The van der Waals surface area contributed by atoms with Crippen molar-refractivity contribution < 1.29 is 13.9 Å². The molecular formula is C20H20N2O4. The van der Waals surface area contributed by atoms with Gasteiger partial charge in [-0.15, -0.1) is 0 Å². The number of hydrogen-bond donors (Lipinski definition) is 1. The number of rotatable bonds is 5. The van der Waals surface area contributed by atoms with Crippen LogP contribution in [0.5, 0.6) is 5.75 Å². The zero-order valence-electron chi connectivity index (χ0n) is 14.9. The van der Waals surface area contributed by atoms with Gasteiger partial charge in [-0.3, -0.25) is 9.78 Å². The molecule has 0 spiro atoms. The molecule has 0 radical (unpaired) electrons. The largest absolute Gasteiger partial charge is 0.491 e. The van der Waals surface area contributed by atoms with E-state index < -0.39 is 5.63 Å². The second kappa shape index (κ2) is 7.39. The molecule has 3 rings (SSSR count). The van der Waals surface area contributed by atoms with Crippen molar-refractivity contribution in [3.8, 4) is 5.75 Å². The van der Waals surface area contributed by atoms with E-state index in [1.807, 2.05) is 32.9 Å². The Balaban J connectivity index is 1.93. The van der Waals surface area contributed by atoms with Gasteiger partial charge in [-0.2, -0.15) is 0 Å². The van der Waals surface area contributed by atoms with Gasteiger partial charge in [0.25, 0.3) is 5.91 Å². The summed E-state index contributed by atoms with van der Waals surface area (Å²) in [4.78, 5) is 28.6. The van der Waals surface area contributed by atoms with E-state index in [0.29, 0.717) is 16.7 Å². The number of hydrogen-bond acceptors (Lipinski definition) is 5. The number of carbonyl (C=O) groups excluding carboxylic acids is 1. The monoisotopic (exact) mass is 352 g/mol. The molecule has 2 heterocycles. The van der Waals surface area contributed by atoms with E-state index in [4.69, 9.17) is 9.15 Å². The summed E-state index contributed by atoms with van der Waals surface area (Å²) >= 11 is 0. The summed E-state index contributed by atoms with van der Waals surface area (Å²) in [7, 11) is 0. The van der Waals surface area contributed by atoms with Gasteiger partial charge < -0.3 is 14.5 Å². The van der Waals surface area contributed by atoms with Crippen molar-refractivity contribution in [1.29, 1.82) is 0 Å². The zero-order valence-corrected chi connectivity index (χ0v) is 14.9. The minimum absolute atomic E-state index is 0.00753. The molecule has 1 N–H and O–H groups in total. The molecule has 1 amide bonds. The van der Waals surface area contributed by atoms with E-state index in [9.17, 15) is 9.59 Å². The van der Waals surface area contributed by atoms with Crippen molar-refractivity contribution in [2.24, 2.45) is 0 Å². The van der Waals surface area contributed by atoms with Crippen LogP contribution >= 0.6 is 0 Å². The normalized spacial score (nSPS) is 12.2. The third-order valence-corrected chi connectivity index (χ3v) is 3.89. The van der Waals surface area contributed by atoms with Crippen molar-refractivity contribution in [2.45, 2.75) is 32.9 Å². The summed E-state index contributed by atoms with van der Waals surface area (Å²) in [6.45, 7) is 5.69. The molecule has 0 saturated heterocycles. The topological polar surface area (TPSA) is 81.4 Å². The Morgan fingerprint density at radius 1 is 1.12 bits per heavy atom. The molecule has 6 nitrogen and oxygen atoms in total. The minimum atomic E-state index is -0.582. The van der Waals surface area contributed by atoms with Gasteiger partial charge in [-0.1, -0.05) is 0 Å². The minimum Gasteiger partial charge on any atom is -0.491 e. The molecule has 26 heavy (non-hydrogen) atoms. The van der Waals surface area contributed by atoms with Gasteiger partial charge in [0, 0.05) is 29.9 Å². The third-order valence-electron chi connectivity index (χ3n) is 3.89. The lowest BCUT2D eigenvalue weighted by atomic mass is 10.1. The van der Waals surface area contributed by atoms with Crippen LogP contribution in [0.2, 0.25) is 0 Å². The highest BCUT2D eigenvalue weighted by molar-refractivity contribution is 6.05. The van der Waals surface area contributed by atoms with Gasteiger partial charge >= 0.3 is 5.63 Å². The van der Waals surface area contributed by atoms with Crippen molar-refractivity contribution >= 4 is 16.9 Å². The lowest BCUT2D eigenvalue weighted by Gasteiger charge is -2.15. The number of pyridine rings is 1. The number of carbonyl (C=O) groups is 1. The number of nitrogens with zero attached hydrogens (tertiary/aromatic N) is 1. The van der Waals surface area contributed by atoms with Crippen molar-refractivity contribution in [1.82, 2.24) is 10.3 Å². The summed E-state index contributed by atoms with van der Waals surface area (Å²) in [6.07, 6.45) is 3.33. The molecule has 1 atom stereocenters. The number of amides is 1. The first-order chi connectivity index (χ1) is 12.4. The fourth-order valence-corrected chi connectivity index (χ4v) is 2.69. The van der Waals surface area contributed by atoms with Crippen LogP contribution in [-0.2, 0) is 0 Å². The number of benzene rings is 1. The van der Waals surface area contributed by atoms with Crippen LogP contribution in [0.4, 0.5) is 0 Å². The summed E-state index contributed by atoms with van der Waals surface area (Å²) in [5.41, 5.74) is 0.930. The molecule has 6 heteroatoms. The lowest BCUT2D eigenvalue weighted by Crippen LogP contribution is -2.27. The average molecular weight is 352 g/mol. The van der Waals surface area contributed by atoms with Crippen LogP contribution in [0.1, 0.15) is 42.7 Å². The second-order valence-electron chi connectivity index (χ2n) is 6.28. The Morgan fingerprint density at radius 3 is 2.54 bits per heavy atom. The predicted molar refractivity (Wildman–Crippen MR) is 98.4 cm³/mol. The summed E-state index contributed by atoms with van der Waals surface area (Å²) in [6, 6.07) is 9.75. The summed E-state index contributed by atoms with van der Waals surface area (Å²) in [5.74, 6) is 0.239. The number of aromatic nitrogens is 1. The van der Waals surface area contributed by atoms with Crippen molar-refractivity contribution in [3.05, 3.63) is 70.3 Å². The van der Waals surface area contributed by atoms with Crippen molar-refractivity contribution in [3.63, 3.8) is 0 Å². The van der Waals surface area contributed by atoms with Gasteiger partial charge in [0.15, 0.2) is 0 Å². The highest BCUT2D eigenvalue weighted by Crippen LogP contribution is 2.24. The van der Waals surface area contributed by atoms with Crippen LogP contribution in [0.3, 0.4) is 0 Å². The Bertz CT molecular complexity index is 980. The second-order valence-corrected chi connectivity index (χ2v) is 6.28. The molecule has 2 aromatic heterocycles. The van der Waals surface area contributed by atoms with E-state index in [-0.39, 0.29) is 23.6 Å². The number of fused-ring (bicyclic) bond motifs is 1. The number of nitrogens with one attached hydrogen (secondary N) is 1. The fourth-order valence-electron chi connectivity index (χ4n) is 2.69. The smallest absolute Gasteiger partial charge is 0.337 e. The standard InChI is InChI=1S/C20H20N2O4/c1-12(2)25-15-4-5-16-17(11-19(23)26-18(16)10-15)20(24)22-13(3)14-6-8-21-9-7-14/h4-13H,1-3H3,(H,22,24). The molecule has 134 valence electrons. The predicted octanol–water partition coefficient (Wildman–Crippen LogP) is 3.47.